The molecule has 12 heteroatoms. The number of aliphatic hydroxyl groups excluding tert-OH is 1. The van der Waals surface area contributed by atoms with Gasteiger partial charge in [-0.25, -0.2) is 0 Å². The molecule has 0 bridgehead atoms. The molecule has 5 rings (SSSR count). The quantitative estimate of drug-likeness (QED) is 0.0757. The number of hydrogen-bond acceptors (Lipinski definition) is 4. The summed E-state index contributed by atoms with van der Waals surface area (Å²) < 4.78 is 78.3. The smallest absolute Gasteiger partial charge is 0.377 e. The molecular weight excluding hydrogens is 636 g/mol. The first-order valence-electron chi connectivity index (χ1n) is 15.3. The highest BCUT2D eigenvalue weighted by atomic mass is 19.4. The number of amides is 2. The van der Waals surface area contributed by atoms with Crippen molar-refractivity contribution in [1.29, 1.82) is 0 Å². The van der Waals surface area contributed by atoms with E-state index in [0.29, 0.717) is 30.4 Å². The van der Waals surface area contributed by atoms with Gasteiger partial charge >= 0.3 is 12.4 Å². The van der Waals surface area contributed by atoms with E-state index in [-0.39, 0.29) is 18.7 Å². The third kappa shape index (κ3) is 7.55. The summed E-state index contributed by atoms with van der Waals surface area (Å²) in [6.07, 6.45) is -9.38. The first-order valence-corrected chi connectivity index (χ1v) is 15.3. The van der Waals surface area contributed by atoms with E-state index in [2.05, 4.69) is 16.0 Å². The lowest BCUT2D eigenvalue weighted by Crippen LogP contribution is -2.51. The third-order valence-electron chi connectivity index (χ3n) is 8.49. The number of carbonyl (C=O) groups excluding carboxylic acids is 2. The van der Waals surface area contributed by atoms with Gasteiger partial charge in [-0.2, -0.15) is 26.3 Å². The summed E-state index contributed by atoms with van der Waals surface area (Å²) in [5.74, 6) is -1.06. The summed E-state index contributed by atoms with van der Waals surface area (Å²) >= 11 is 0. The summed E-state index contributed by atoms with van der Waals surface area (Å²) in [5.41, 5.74) is 2.14. The van der Waals surface area contributed by atoms with Crippen LogP contribution in [0.4, 0.5) is 26.3 Å². The van der Waals surface area contributed by atoms with Gasteiger partial charge < -0.3 is 15.7 Å². The van der Waals surface area contributed by atoms with E-state index in [4.69, 9.17) is 0 Å². The van der Waals surface area contributed by atoms with E-state index >= 15 is 0 Å². The molecule has 6 nitrogen and oxygen atoms in total. The molecule has 0 spiro atoms. The van der Waals surface area contributed by atoms with Crippen molar-refractivity contribution in [3.8, 4) is 22.3 Å². The summed E-state index contributed by atoms with van der Waals surface area (Å²) in [4.78, 5) is 25.5. The summed E-state index contributed by atoms with van der Waals surface area (Å²) in [5, 5.41) is 18.8. The predicted molar refractivity (Wildman–Crippen MR) is 169 cm³/mol. The number of fused-ring (bicyclic) bond motifs is 3. The average molecular weight is 670 g/mol. The second-order valence-electron chi connectivity index (χ2n) is 11.6. The largest absolute Gasteiger partial charge is 0.416 e. The van der Waals surface area contributed by atoms with Gasteiger partial charge in [-0.15, -0.1) is 0 Å². The molecule has 252 valence electrons. The van der Waals surface area contributed by atoms with E-state index < -0.39 is 47.9 Å². The molecule has 4 aromatic carbocycles. The Hall–Kier alpha value is -4.68. The summed E-state index contributed by atoms with van der Waals surface area (Å²) in [6, 6.07) is 25.4. The fraction of sp³-hybridized carbons (Fsp3) is 0.278. The molecule has 0 saturated carbocycles. The Morgan fingerprint density at radius 3 is 1.85 bits per heavy atom. The van der Waals surface area contributed by atoms with Gasteiger partial charge in [0.25, 0.3) is 5.91 Å². The molecule has 1 aliphatic carbocycles. The number of hydrogen-bond donors (Lipinski definition) is 4. The molecule has 4 aromatic rings. The van der Waals surface area contributed by atoms with Gasteiger partial charge in [0.15, 0.2) is 0 Å². The van der Waals surface area contributed by atoms with Crippen molar-refractivity contribution >= 4 is 11.8 Å². The molecule has 0 saturated heterocycles. The Morgan fingerprint density at radius 1 is 0.708 bits per heavy atom. The number of carbonyl (C=O) groups is 2. The molecule has 1 unspecified atom stereocenters. The fourth-order valence-electron chi connectivity index (χ4n) is 6.29. The Morgan fingerprint density at radius 2 is 1.27 bits per heavy atom. The molecule has 0 aromatic heterocycles. The molecule has 2 amide bonds. The van der Waals surface area contributed by atoms with Crippen molar-refractivity contribution < 1.29 is 41.0 Å². The van der Waals surface area contributed by atoms with Crippen LogP contribution in [-0.2, 0) is 16.4 Å². The second kappa shape index (κ2) is 14.2. The van der Waals surface area contributed by atoms with Crippen molar-refractivity contribution in [3.63, 3.8) is 0 Å². The van der Waals surface area contributed by atoms with Gasteiger partial charge in [0.05, 0.1) is 24.1 Å². The number of benzene rings is 4. The molecule has 48 heavy (non-hydrogen) atoms. The van der Waals surface area contributed by atoms with Crippen LogP contribution in [0, 0.1) is 0 Å². The van der Waals surface area contributed by atoms with Gasteiger partial charge in [0.1, 0.15) is 6.23 Å². The van der Waals surface area contributed by atoms with Crippen molar-refractivity contribution in [2.24, 2.45) is 0 Å². The molecule has 0 fully saturated rings. The number of alkyl halides is 6. The highest BCUT2D eigenvalue weighted by molar-refractivity contribution is 6.02. The predicted octanol–water partition coefficient (Wildman–Crippen LogP) is 6.83. The lowest BCUT2D eigenvalue weighted by molar-refractivity contribution is -0.137. The normalized spacial score (nSPS) is 14.1. The van der Waals surface area contributed by atoms with Crippen molar-refractivity contribution in [3.05, 3.63) is 119 Å². The lowest BCUT2D eigenvalue weighted by atomic mass is 9.72. The average Bonchev–Trinajstić information content (AvgIpc) is 3.36. The summed E-state index contributed by atoms with van der Waals surface area (Å²) in [6.45, 7) is -1.51. The Balaban J connectivity index is 1.18. The number of aliphatic hydroxyl groups is 1. The van der Waals surface area contributed by atoms with Crippen LogP contribution in [0.25, 0.3) is 22.3 Å². The maximum absolute atomic E-state index is 13.1. The first kappa shape index (κ1) is 34.6. The minimum absolute atomic E-state index is 0.185. The first-order chi connectivity index (χ1) is 22.8. The van der Waals surface area contributed by atoms with E-state index in [0.717, 1.165) is 34.4 Å². The van der Waals surface area contributed by atoms with E-state index in [9.17, 15) is 41.0 Å². The van der Waals surface area contributed by atoms with Crippen LogP contribution in [0.2, 0.25) is 0 Å². The molecule has 0 aliphatic heterocycles. The second-order valence-corrected chi connectivity index (χ2v) is 11.6. The van der Waals surface area contributed by atoms with Gasteiger partial charge in [-0.05, 0) is 64.4 Å². The molecule has 0 radical (unpaired) electrons. The van der Waals surface area contributed by atoms with E-state index in [1.165, 1.54) is 18.2 Å². The fourth-order valence-corrected chi connectivity index (χ4v) is 6.29. The van der Waals surface area contributed by atoms with Crippen LogP contribution >= 0.6 is 0 Å². The number of unbranched alkanes of at least 4 members (excludes halogenated alkanes) is 1. The Kier molecular flexibility index (Phi) is 10.3. The van der Waals surface area contributed by atoms with E-state index in [1.807, 2.05) is 36.4 Å². The van der Waals surface area contributed by atoms with Crippen molar-refractivity contribution in [2.75, 3.05) is 19.6 Å². The monoisotopic (exact) mass is 669 g/mol. The van der Waals surface area contributed by atoms with Gasteiger partial charge in [-0.3, -0.25) is 14.9 Å². The molecule has 1 aliphatic rings. The zero-order valence-electron chi connectivity index (χ0n) is 25.6. The number of rotatable bonds is 12. The molecule has 4 N–H and O–H groups in total. The minimum Gasteiger partial charge on any atom is -0.377 e. The summed E-state index contributed by atoms with van der Waals surface area (Å²) in [7, 11) is 0. The highest BCUT2D eigenvalue weighted by Crippen LogP contribution is 2.52. The number of halogens is 6. The maximum atomic E-state index is 13.1. The Labute approximate surface area is 273 Å². The van der Waals surface area contributed by atoms with E-state index in [1.54, 1.807) is 30.3 Å². The van der Waals surface area contributed by atoms with Crippen molar-refractivity contribution in [1.82, 2.24) is 16.0 Å². The van der Waals surface area contributed by atoms with Crippen LogP contribution in [0.3, 0.4) is 0 Å². The number of nitrogens with one attached hydrogen (secondary N) is 3. The topological polar surface area (TPSA) is 90.5 Å². The standard InChI is InChI=1S/C36H33F6N3O3/c37-35(38,39)22-45-33(48)34(29-13-5-3-10-26(29)27-11-4-6-14-30(27)34)19-7-8-20-43-31(46)21-44-32(47)28-12-2-1-9-25(28)23-15-17-24(18-16-23)36(40,41)42/h1-6,9-18,33,45,48H,7-8,19-22H2,(H,43,46)(H,44,47). The van der Waals surface area contributed by atoms with Crippen LogP contribution in [-0.4, -0.2) is 49.0 Å². The third-order valence-corrected chi connectivity index (χ3v) is 8.49. The molecule has 1 atom stereocenters. The van der Waals surface area contributed by atoms with Gasteiger partial charge in [0, 0.05) is 12.1 Å². The molecule has 0 heterocycles. The zero-order valence-corrected chi connectivity index (χ0v) is 25.6. The molecular formula is C36H33F6N3O3. The van der Waals surface area contributed by atoms with Crippen molar-refractivity contribution in [2.45, 2.75) is 43.3 Å². The SMILES string of the molecule is O=C(CNC(=O)c1ccccc1-c1ccc(C(F)(F)F)cc1)NCCCCC1(C(O)NCC(F)(F)F)c2ccccc2-c2ccccc21. The van der Waals surface area contributed by atoms with Crippen LogP contribution < -0.4 is 16.0 Å². The van der Waals surface area contributed by atoms with Crippen LogP contribution in [0.1, 0.15) is 46.3 Å². The maximum Gasteiger partial charge on any atom is 0.416 e. The van der Waals surface area contributed by atoms with Gasteiger partial charge in [0.2, 0.25) is 5.91 Å². The minimum atomic E-state index is -4.52. The van der Waals surface area contributed by atoms with Gasteiger partial charge in [-0.1, -0.05) is 85.3 Å². The Bertz CT molecular complexity index is 1710. The van der Waals surface area contributed by atoms with Crippen LogP contribution in [0.15, 0.2) is 97.1 Å². The lowest BCUT2D eigenvalue weighted by Gasteiger charge is -2.37. The van der Waals surface area contributed by atoms with Crippen LogP contribution in [0.5, 0.6) is 0 Å². The highest BCUT2D eigenvalue weighted by Gasteiger charge is 2.48. The zero-order chi connectivity index (χ0) is 34.5.